The van der Waals surface area contributed by atoms with Gasteiger partial charge in [-0.3, -0.25) is 0 Å². The third-order valence-electron chi connectivity index (χ3n) is 3.83. The van der Waals surface area contributed by atoms with Crippen LogP contribution in [0.5, 0.6) is 0 Å². The van der Waals surface area contributed by atoms with Gasteiger partial charge in [0.2, 0.25) is 10.0 Å². The molecule has 0 aromatic heterocycles. The van der Waals surface area contributed by atoms with Gasteiger partial charge in [-0.05, 0) is 50.2 Å². The van der Waals surface area contributed by atoms with Crippen LogP contribution in [0, 0.1) is 18.8 Å². The van der Waals surface area contributed by atoms with E-state index in [1.165, 1.54) is 6.42 Å². The van der Waals surface area contributed by atoms with Crippen LogP contribution in [-0.2, 0) is 10.0 Å². The SMILES string of the molecule is Cc1ccc(S(=O)(=O)NC2C[C@H](C)C[C@@H](C)C2)cc1. The highest BCUT2D eigenvalue weighted by Gasteiger charge is 2.27. The van der Waals surface area contributed by atoms with Crippen LogP contribution in [0.4, 0.5) is 0 Å². The summed E-state index contributed by atoms with van der Waals surface area (Å²) in [5.74, 6) is 1.18. The lowest BCUT2D eigenvalue weighted by Crippen LogP contribution is -2.39. The Kier molecular flexibility index (Phi) is 4.31. The molecule has 0 saturated heterocycles. The molecule has 1 aliphatic carbocycles. The maximum atomic E-state index is 12.3. The van der Waals surface area contributed by atoms with E-state index in [-0.39, 0.29) is 6.04 Å². The van der Waals surface area contributed by atoms with Gasteiger partial charge in [0.25, 0.3) is 0 Å². The summed E-state index contributed by atoms with van der Waals surface area (Å²) in [6.45, 7) is 6.35. The van der Waals surface area contributed by atoms with Crippen LogP contribution in [0.1, 0.15) is 38.7 Å². The molecule has 4 heteroatoms. The Morgan fingerprint density at radius 3 is 2.05 bits per heavy atom. The summed E-state index contributed by atoms with van der Waals surface area (Å²) in [7, 11) is -3.37. The zero-order chi connectivity index (χ0) is 14.0. The van der Waals surface area contributed by atoms with Crippen molar-refractivity contribution >= 4 is 10.0 Å². The average molecular weight is 281 g/mol. The fraction of sp³-hybridized carbons (Fsp3) is 0.600. The second-order valence-corrected chi connectivity index (χ2v) is 7.76. The molecule has 2 atom stereocenters. The Labute approximate surface area is 116 Å². The molecule has 3 nitrogen and oxygen atoms in total. The van der Waals surface area contributed by atoms with Crippen molar-refractivity contribution in [1.29, 1.82) is 0 Å². The first-order chi connectivity index (χ1) is 8.87. The summed E-state index contributed by atoms with van der Waals surface area (Å²) < 4.78 is 27.5. The van der Waals surface area contributed by atoms with Crippen LogP contribution in [0.2, 0.25) is 0 Å². The van der Waals surface area contributed by atoms with E-state index in [0.29, 0.717) is 16.7 Å². The van der Waals surface area contributed by atoms with Crippen molar-refractivity contribution in [3.8, 4) is 0 Å². The lowest BCUT2D eigenvalue weighted by Gasteiger charge is -2.31. The average Bonchev–Trinajstić information content (AvgIpc) is 2.27. The van der Waals surface area contributed by atoms with Gasteiger partial charge in [-0.2, -0.15) is 0 Å². The Morgan fingerprint density at radius 2 is 1.53 bits per heavy atom. The van der Waals surface area contributed by atoms with Crippen LogP contribution < -0.4 is 4.72 Å². The first-order valence-electron chi connectivity index (χ1n) is 6.96. The van der Waals surface area contributed by atoms with Gasteiger partial charge in [0.05, 0.1) is 4.90 Å². The minimum atomic E-state index is -3.37. The second-order valence-electron chi connectivity index (χ2n) is 6.05. The number of benzene rings is 1. The molecule has 1 aromatic carbocycles. The molecular formula is C15H23NO2S. The number of nitrogens with one attached hydrogen (secondary N) is 1. The monoisotopic (exact) mass is 281 g/mol. The molecule has 0 radical (unpaired) electrons. The molecule has 1 aliphatic rings. The minimum Gasteiger partial charge on any atom is -0.208 e. The highest BCUT2D eigenvalue weighted by Crippen LogP contribution is 2.29. The van der Waals surface area contributed by atoms with Crippen LogP contribution in [0.3, 0.4) is 0 Å². The van der Waals surface area contributed by atoms with Gasteiger partial charge < -0.3 is 0 Å². The summed E-state index contributed by atoms with van der Waals surface area (Å²) >= 11 is 0. The first kappa shape index (κ1) is 14.5. The summed E-state index contributed by atoms with van der Waals surface area (Å²) in [4.78, 5) is 0.365. The largest absolute Gasteiger partial charge is 0.240 e. The van der Waals surface area contributed by atoms with E-state index in [1.54, 1.807) is 12.1 Å². The molecular weight excluding hydrogens is 258 g/mol. The number of aryl methyl sites for hydroxylation is 1. The maximum absolute atomic E-state index is 12.3. The number of sulfonamides is 1. The van der Waals surface area contributed by atoms with Crippen molar-refractivity contribution < 1.29 is 8.42 Å². The van der Waals surface area contributed by atoms with E-state index in [4.69, 9.17) is 0 Å². The molecule has 1 fully saturated rings. The standard InChI is InChI=1S/C15H23NO2S/c1-11-4-6-15(7-5-11)19(17,18)16-14-9-12(2)8-13(3)10-14/h4-7,12-14,16H,8-10H2,1-3H3/t12-,13-/m1/s1. The van der Waals surface area contributed by atoms with Crippen molar-refractivity contribution in [3.05, 3.63) is 29.8 Å². The normalized spacial score (nSPS) is 28.3. The third kappa shape index (κ3) is 3.80. The van der Waals surface area contributed by atoms with E-state index >= 15 is 0 Å². The topological polar surface area (TPSA) is 46.2 Å². The van der Waals surface area contributed by atoms with Crippen molar-refractivity contribution in [2.45, 2.75) is 51.0 Å². The summed E-state index contributed by atoms with van der Waals surface area (Å²) in [5.41, 5.74) is 1.07. The van der Waals surface area contributed by atoms with Crippen LogP contribution in [0.25, 0.3) is 0 Å². The Morgan fingerprint density at radius 1 is 1.00 bits per heavy atom. The molecule has 0 heterocycles. The quantitative estimate of drug-likeness (QED) is 0.925. The molecule has 106 valence electrons. The molecule has 1 aromatic rings. The second kappa shape index (κ2) is 5.63. The number of hydrogen-bond acceptors (Lipinski definition) is 2. The van der Waals surface area contributed by atoms with Crippen molar-refractivity contribution in [3.63, 3.8) is 0 Å². The van der Waals surface area contributed by atoms with E-state index in [0.717, 1.165) is 18.4 Å². The zero-order valence-electron chi connectivity index (χ0n) is 11.9. The van der Waals surface area contributed by atoms with Gasteiger partial charge in [-0.25, -0.2) is 13.1 Å². The Bertz CT molecular complexity index is 512. The van der Waals surface area contributed by atoms with Gasteiger partial charge in [0.1, 0.15) is 0 Å². The van der Waals surface area contributed by atoms with E-state index in [9.17, 15) is 8.42 Å². The van der Waals surface area contributed by atoms with Gasteiger partial charge in [0, 0.05) is 6.04 Å². The molecule has 0 amide bonds. The van der Waals surface area contributed by atoms with Crippen molar-refractivity contribution in [2.75, 3.05) is 0 Å². The molecule has 1 N–H and O–H groups in total. The first-order valence-corrected chi connectivity index (χ1v) is 8.44. The molecule has 0 spiro atoms. The number of hydrogen-bond donors (Lipinski definition) is 1. The fourth-order valence-corrected chi connectivity index (χ4v) is 4.31. The zero-order valence-corrected chi connectivity index (χ0v) is 12.7. The lowest BCUT2D eigenvalue weighted by atomic mass is 9.81. The highest BCUT2D eigenvalue weighted by molar-refractivity contribution is 7.89. The van der Waals surface area contributed by atoms with Gasteiger partial charge >= 0.3 is 0 Å². The molecule has 1 saturated carbocycles. The third-order valence-corrected chi connectivity index (χ3v) is 5.37. The van der Waals surface area contributed by atoms with Gasteiger partial charge in [0.15, 0.2) is 0 Å². The Hall–Kier alpha value is -0.870. The van der Waals surface area contributed by atoms with E-state index < -0.39 is 10.0 Å². The van der Waals surface area contributed by atoms with Gasteiger partial charge in [-0.15, -0.1) is 0 Å². The molecule has 0 aliphatic heterocycles. The summed E-state index contributed by atoms with van der Waals surface area (Å²) in [5, 5.41) is 0. The van der Waals surface area contributed by atoms with Crippen molar-refractivity contribution in [1.82, 2.24) is 4.72 Å². The predicted octanol–water partition coefficient (Wildman–Crippen LogP) is 3.10. The van der Waals surface area contributed by atoms with E-state index in [2.05, 4.69) is 18.6 Å². The summed E-state index contributed by atoms with van der Waals surface area (Å²) in [6.07, 6.45) is 3.08. The highest BCUT2D eigenvalue weighted by atomic mass is 32.2. The fourth-order valence-electron chi connectivity index (χ4n) is 3.05. The molecule has 2 rings (SSSR count). The van der Waals surface area contributed by atoms with Crippen molar-refractivity contribution in [2.24, 2.45) is 11.8 Å². The lowest BCUT2D eigenvalue weighted by molar-refractivity contribution is 0.257. The predicted molar refractivity (Wildman–Crippen MR) is 77.5 cm³/mol. The molecule has 0 unspecified atom stereocenters. The van der Waals surface area contributed by atoms with Crippen LogP contribution in [0.15, 0.2) is 29.2 Å². The van der Waals surface area contributed by atoms with Crippen LogP contribution >= 0.6 is 0 Å². The smallest absolute Gasteiger partial charge is 0.208 e. The molecule has 19 heavy (non-hydrogen) atoms. The molecule has 0 bridgehead atoms. The maximum Gasteiger partial charge on any atom is 0.240 e. The van der Waals surface area contributed by atoms with Crippen LogP contribution in [-0.4, -0.2) is 14.5 Å². The Balaban J connectivity index is 2.10. The minimum absolute atomic E-state index is 0.0741. The van der Waals surface area contributed by atoms with E-state index in [1.807, 2.05) is 19.1 Å². The summed E-state index contributed by atoms with van der Waals surface area (Å²) in [6, 6.07) is 7.09. The van der Waals surface area contributed by atoms with Gasteiger partial charge in [-0.1, -0.05) is 31.5 Å². The number of rotatable bonds is 3.